The van der Waals surface area contributed by atoms with Crippen LogP contribution in [0.2, 0.25) is 0 Å². The van der Waals surface area contributed by atoms with Crippen LogP contribution in [-0.4, -0.2) is 30.8 Å². The van der Waals surface area contributed by atoms with Gasteiger partial charge in [-0.25, -0.2) is 0 Å². The van der Waals surface area contributed by atoms with Gasteiger partial charge in [0.25, 0.3) is 0 Å². The number of hydrogen-bond acceptors (Lipinski definition) is 3. The third-order valence-corrected chi connectivity index (χ3v) is 3.50. The molecule has 0 saturated carbocycles. The second kappa shape index (κ2) is 6.21. The summed E-state index contributed by atoms with van der Waals surface area (Å²) in [5.74, 6) is 0.892. The van der Waals surface area contributed by atoms with E-state index < -0.39 is 0 Å². The fourth-order valence-corrected chi connectivity index (χ4v) is 2.44. The van der Waals surface area contributed by atoms with Crippen LogP contribution in [0.25, 0.3) is 0 Å². The highest BCUT2D eigenvalue weighted by Crippen LogP contribution is 2.22. The summed E-state index contributed by atoms with van der Waals surface area (Å²) < 4.78 is 11.2. The van der Waals surface area contributed by atoms with Crippen LogP contribution >= 0.6 is 0 Å². The minimum Gasteiger partial charge on any atom is -0.497 e. The Balaban J connectivity index is 1.86. The van der Waals surface area contributed by atoms with Gasteiger partial charge in [-0.15, -0.1) is 0 Å². The Hall–Kier alpha value is -1.06. The van der Waals surface area contributed by atoms with E-state index in [1.165, 1.54) is 12.0 Å². The van der Waals surface area contributed by atoms with Crippen molar-refractivity contribution in [3.05, 3.63) is 29.8 Å². The summed E-state index contributed by atoms with van der Waals surface area (Å²) in [5.41, 5.74) is 1.20. The molecule has 18 heavy (non-hydrogen) atoms. The first-order valence-electron chi connectivity index (χ1n) is 6.71. The molecule has 0 amide bonds. The molecule has 0 bridgehead atoms. The fourth-order valence-electron chi connectivity index (χ4n) is 2.44. The molecule has 1 atom stereocenters. The van der Waals surface area contributed by atoms with Crippen molar-refractivity contribution in [2.24, 2.45) is 0 Å². The number of nitrogens with zero attached hydrogens (tertiary/aromatic N) is 1. The second-order valence-corrected chi connectivity index (χ2v) is 5.09. The van der Waals surface area contributed by atoms with Gasteiger partial charge < -0.3 is 9.47 Å². The summed E-state index contributed by atoms with van der Waals surface area (Å²) in [4.78, 5) is 2.43. The Morgan fingerprint density at radius 2 is 2.00 bits per heavy atom. The molecule has 0 spiro atoms. The molecule has 2 rings (SSSR count). The average Bonchev–Trinajstić information content (AvgIpc) is 2.85. The number of likely N-dealkylation sites (tertiary alicyclic amines) is 1. The molecule has 1 aromatic carbocycles. The van der Waals surface area contributed by atoms with E-state index in [4.69, 9.17) is 9.47 Å². The third kappa shape index (κ3) is 3.24. The van der Waals surface area contributed by atoms with Crippen molar-refractivity contribution in [1.29, 1.82) is 0 Å². The topological polar surface area (TPSA) is 21.7 Å². The van der Waals surface area contributed by atoms with Crippen LogP contribution in [0, 0.1) is 0 Å². The van der Waals surface area contributed by atoms with Gasteiger partial charge in [-0.2, -0.15) is 0 Å². The van der Waals surface area contributed by atoms with Crippen LogP contribution in [0.4, 0.5) is 0 Å². The van der Waals surface area contributed by atoms with E-state index >= 15 is 0 Å². The number of benzene rings is 1. The van der Waals surface area contributed by atoms with Gasteiger partial charge in [0.1, 0.15) is 12.0 Å². The van der Waals surface area contributed by atoms with Crippen LogP contribution in [-0.2, 0) is 11.3 Å². The molecular weight excluding hydrogens is 226 g/mol. The normalized spacial score (nSPS) is 20.6. The van der Waals surface area contributed by atoms with Crippen LogP contribution in [0.1, 0.15) is 32.3 Å². The van der Waals surface area contributed by atoms with Crippen molar-refractivity contribution in [2.75, 3.05) is 13.7 Å². The maximum atomic E-state index is 6.02. The predicted molar refractivity (Wildman–Crippen MR) is 72.6 cm³/mol. The molecule has 1 fully saturated rings. The zero-order valence-corrected chi connectivity index (χ0v) is 11.6. The van der Waals surface area contributed by atoms with Crippen molar-refractivity contribution in [3.63, 3.8) is 0 Å². The van der Waals surface area contributed by atoms with Crippen molar-refractivity contribution in [2.45, 2.75) is 45.6 Å². The van der Waals surface area contributed by atoms with E-state index in [1.54, 1.807) is 7.11 Å². The van der Waals surface area contributed by atoms with Gasteiger partial charge in [0.05, 0.1) is 13.7 Å². The molecule has 0 aromatic heterocycles. The molecule has 0 N–H and O–H groups in total. The largest absolute Gasteiger partial charge is 0.497 e. The second-order valence-electron chi connectivity index (χ2n) is 5.09. The summed E-state index contributed by atoms with van der Waals surface area (Å²) in [6, 6.07) is 8.65. The summed E-state index contributed by atoms with van der Waals surface area (Å²) >= 11 is 0. The van der Waals surface area contributed by atoms with Gasteiger partial charge in [-0.05, 0) is 44.4 Å². The van der Waals surface area contributed by atoms with E-state index in [1.807, 2.05) is 12.1 Å². The van der Waals surface area contributed by atoms with Gasteiger partial charge in [0.2, 0.25) is 0 Å². The highest BCUT2D eigenvalue weighted by Gasteiger charge is 2.26. The Morgan fingerprint density at radius 3 is 2.61 bits per heavy atom. The molecule has 100 valence electrons. The molecule has 0 unspecified atom stereocenters. The minimum absolute atomic E-state index is 0.284. The van der Waals surface area contributed by atoms with Crippen molar-refractivity contribution >= 4 is 0 Å². The van der Waals surface area contributed by atoms with E-state index in [0.29, 0.717) is 12.6 Å². The number of rotatable bonds is 5. The SMILES string of the molecule is COc1ccc(CO[C@H]2CCCN2C(C)C)cc1. The van der Waals surface area contributed by atoms with E-state index in [0.717, 1.165) is 18.7 Å². The van der Waals surface area contributed by atoms with Crippen molar-refractivity contribution < 1.29 is 9.47 Å². The first-order valence-corrected chi connectivity index (χ1v) is 6.71. The zero-order chi connectivity index (χ0) is 13.0. The van der Waals surface area contributed by atoms with Gasteiger partial charge in [-0.3, -0.25) is 4.90 Å². The highest BCUT2D eigenvalue weighted by atomic mass is 16.5. The fraction of sp³-hybridized carbons (Fsp3) is 0.600. The lowest BCUT2D eigenvalue weighted by molar-refractivity contribution is -0.0573. The Kier molecular flexibility index (Phi) is 4.61. The van der Waals surface area contributed by atoms with Crippen LogP contribution in [0.15, 0.2) is 24.3 Å². The molecule has 1 aliphatic heterocycles. The van der Waals surface area contributed by atoms with Crippen molar-refractivity contribution in [3.8, 4) is 5.75 Å². The van der Waals surface area contributed by atoms with Gasteiger partial charge in [0.15, 0.2) is 0 Å². The Bertz CT molecular complexity index is 361. The average molecular weight is 249 g/mol. The standard InChI is InChI=1S/C15H23NO2/c1-12(2)16-10-4-5-15(16)18-11-13-6-8-14(17-3)9-7-13/h6-9,12,15H,4-5,10-11H2,1-3H3/t15-/m0/s1. The zero-order valence-electron chi connectivity index (χ0n) is 11.6. The molecule has 3 heteroatoms. The summed E-state index contributed by atoms with van der Waals surface area (Å²) in [5, 5.41) is 0. The molecule has 1 aliphatic rings. The van der Waals surface area contributed by atoms with E-state index in [9.17, 15) is 0 Å². The molecule has 0 aliphatic carbocycles. The lowest BCUT2D eigenvalue weighted by Gasteiger charge is -2.28. The molecule has 1 aromatic rings. The van der Waals surface area contributed by atoms with Crippen molar-refractivity contribution in [1.82, 2.24) is 4.90 Å². The Labute approximate surface area is 110 Å². The van der Waals surface area contributed by atoms with Gasteiger partial charge in [-0.1, -0.05) is 12.1 Å². The lowest BCUT2D eigenvalue weighted by atomic mass is 10.2. The van der Waals surface area contributed by atoms with Crippen LogP contribution < -0.4 is 4.74 Å². The summed E-state index contributed by atoms with van der Waals surface area (Å²) in [7, 11) is 1.69. The highest BCUT2D eigenvalue weighted by molar-refractivity contribution is 5.26. The molecular formula is C15H23NO2. The lowest BCUT2D eigenvalue weighted by Crippen LogP contribution is -2.37. The third-order valence-electron chi connectivity index (χ3n) is 3.50. The smallest absolute Gasteiger partial charge is 0.118 e. The summed E-state index contributed by atoms with van der Waals surface area (Å²) in [6.07, 6.45) is 2.67. The first kappa shape index (κ1) is 13.4. The quantitative estimate of drug-likeness (QED) is 0.800. The summed E-state index contributed by atoms with van der Waals surface area (Å²) in [6.45, 7) is 6.30. The molecule has 1 saturated heterocycles. The monoisotopic (exact) mass is 249 g/mol. The van der Waals surface area contributed by atoms with E-state index in [2.05, 4.69) is 30.9 Å². The number of methoxy groups -OCH3 is 1. The predicted octanol–water partition coefficient (Wildman–Crippen LogP) is 3.04. The maximum absolute atomic E-state index is 6.02. The molecule has 3 nitrogen and oxygen atoms in total. The molecule has 1 heterocycles. The number of ether oxygens (including phenoxy) is 2. The van der Waals surface area contributed by atoms with Gasteiger partial charge >= 0.3 is 0 Å². The van der Waals surface area contributed by atoms with Gasteiger partial charge in [0, 0.05) is 12.6 Å². The molecule has 0 radical (unpaired) electrons. The first-order chi connectivity index (χ1) is 8.70. The van der Waals surface area contributed by atoms with Crippen LogP contribution in [0.5, 0.6) is 5.75 Å². The number of hydrogen-bond donors (Lipinski definition) is 0. The minimum atomic E-state index is 0.284. The Morgan fingerprint density at radius 1 is 1.28 bits per heavy atom. The maximum Gasteiger partial charge on any atom is 0.118 e. The van der Waals surface area contributed by atoms with Crippen LogP contribution in [0.3, 0.4) is 0 Å². The van der Waals surface area contributed by atoms with E-state index in [-0.39, 0.29) is 6.23 Å².